The van der Waals surface area contributed by atoms with E-state index < -0.39 is 4.92 Å². The highest BCUT2D eigenvalue weighted by atomic mass is 16.6. The topological polar surface area (TPSA) is 110 Å². The monoisotopic (exact) mass is 344 g/mol. The molecule has 8 heteroatoms. The maximum absolute atomic E-state index is 11.1. The lowest BCUT2D eigenvalue weighted by Crippen LogP contribution is -1.98. The van der Waals surface area contributed by atoms with Crippen LogP contribution in [0.5, 0.6) is 0 Å². The molecule has 3 heterocycles. The van der Waals surface area contributed by atoms with Crippen LogP contribution in [0, 0.1) is 21.4 Å². The third-order valence-electron chi connectivity index (χ3n) is 4.23. The Morgan fingerprint density at radius 2 is 2.08 bits per heavy atom. The van der Waals surface area contributed by atoms with E-state index in [4.69, 9.17) is 5.26 Å². The molecule has 8 nitrogen and oxygen atoms in total. The van der Waals surface area contributed by atoms with E-state index >= 15 is 0 Å². The van der Waals surface area contributed by atoms with Gasteiger partial charge in [-0.15, -0.1) is 0 Å². The number of aromatic nitrogens is 3. The largest absolute Gasteiger partial charge is 0.340 e. The van der Waals surface area contributed by atoms with Crippen LogP contribution in [-0.2, 0) is 7.05 Å². The van der Waals surface area contributed by atoms with Crippen LogP contribution >= 0.6 is 0 Å². The van der Waals surface area contributed by atoms with Crippen LogP contribution in [0.1, 0.15) is 5.56 Å². The molecule has 0 spiro atoms. The van der Waals surface area contributed by atoms with E-state index in [1.54, 1.807) is 24.5 Å². The summed E-state index contributed by atoms with van der Waals surface area (Å²) in [6.07, 6.45) is 3.53. The Morgan fingerprint density at radius 3 is 2.85 bits per heavy atom. The lowest BCUT2D eigenvalue weighted by Gasteiger charge is -2.07. The molecule has 0 aliphatic carbocycles. The van der Waals surface area contributed by atoms with Crippen LogP contribution < -0.4 is 5.32 Å². The molecule has 3 aromatic heterocycles. The van der Waals surface area contributed by atoms with Gasteiger partial charge in [-0.2, -0.15) is 5.26 Å². The Bertz CT molecular complexity index is 1220. The van der Waals surface area contributed by atoms with Gasteiger partial charge in [0.25, 0.3) is 5.69 Å². The number of pyridine rings is 2. The summed E-state index contributed by atoms with van der Waals surface area (Å²) in [4.78, 5) is 19.3. The molecule has 0 amide bonds. The van der Waals surface area contributed by atoms with E-state index in [1.165, 1.54) is 12.1 Å². The fourth-order valence-corrected chi connectivity index (χ4v) is 2.99. The Hall–Kier alpha value is -3.99. The van der Waals surface area contributed by atoms with E-state index in [2.05, 4.69) is 15.3 Å². The predicted octanol–water partition coefficient (Wildman–Crippen LogP) is 3.64. The number of nitriles is 1. The zero-order chi connectivity index (χ0) is 18.3. The van der Waals surface area contributed by atoms with Gasteiger partial charge in [0, 0.05) is 42.0 Å². The number of anilines is 2. The van der Waals surface area contributed by atoms with Crippen molar-refractivity contribution in [3.05, 3.63) is 64.5 Å². The first-order chi connectivity index (χ1) is 12.6. The Morgan fingerprint density at radius 1 is 1.23 bits per heavy atom. The number of nitro groups is 1. The zero-order valence-corrected chi connectivity index (χ0v) is 13.7. The number of benzene rings is 1. The van der Waals surface area contributed by atoms with Gasteiger partial charge in [-0.25, -0.2) is 4.98 Å². The number of aryl methyl sites for hydroxylation is 1. The summed E-state index contributed by atoms with van der Waals surface area (Å²) in [5.41, 5.74) is 2.07. The quantitative estimate of drug-likeness (QED) is 0.449. The second kappa shape index (κ2) is 5.82. The molecule has 0 aliphatic heterocycles. The number of nitro benzene ring substituents is 1. The fraction of sp³-hybridized carbons (Fsp3) is 0.0556. The van der Waals surface area contributed by atoms with Crippen molar-refractivity contribution >= 4 is 39.1 Å². The van der Waals surface area contributed by atoms with E-state index in [9.17, 15) is 10.1 Å². The highest BCUT2D eigenvalue weighted by Gasteiger charge is 2.15. The molecule has 4 rings (SSSR count). The van der Waals surface area contributed by atoms with Crippen LogP contribution in [0.15, 0.2) is 48.8 Å². The van der Waals surface area contributed by atoms with Gasteiger partial charge in [-0.3, -0.25) is 15.1 Å². The van der Waals surface area contributed by atoms with Crippen molar-refractivity contribution in [1.82, 2.24) is 14.5 Å². The van der Waals surface area contributed by atoms with Crippen molar-refractivity contribution in [1.29, 1.82) is 5.26 Å². The fourth-order valence-electron chi connectivity index (χ4n) is 2.99. The van der Waals surface area contributed by atoms with Crippen molar-refractivity contribution < 1.29 is 4.92 Å². The van der Waals surface area contributed by atoms with Gasteiger partial charge < -0.3 is 9.88 Å². The normalized spacial score (nSPS) is 10.8. The van der Waals surface area contributed by atoms with Gasteiger partial charge in [0.2, 0.25) is 0 Å². The summed E-state index contributed by atoms with van der Waals surface area (Å²) in [6, 6.07) is 11.8. The first kappa shape index (κ1) is 15.5. The molecule has 0 saturated carbocycles. The van der Waals surface area contributed by atoms with Crippen LogP contribution in [-0.4, -0.2) is 19.5 Å². The number of hydrogen-bond donors (Lipinski definition) is 1. The van der Waals surface area contributed by atoms with E-state index in [0.29, 0.717) is 11.5 Å². The molecule has 26 heavy (non-hydrogen) atoms. The van der Waals surface area contributed by atoms with Gasteiger partial charge in [0.1, 0.15) is 23.1 Å². The maximum Gasteiger partial charge on any atom is 0.289 e. The molecule has 0 unspecified atom stereocenters. The minimum atomic E-state index is -0.572. The van der Waals surface area contributed by atoms with Crippen LogP contribution in [0.4, 0.5) is 17.2 Å². The van der Waals surface area contributed by atoms with E-state index in [-0.39, 0.29) is 11.3 Å². The standard InChI is InChI=1S/C18H12N6O2/c1-23-15-6-7-20-10-14(15)13-4-5-17(22-18(13)23)21-12-3-2-11(9-19)16(8-12)24(25)26/h2-8,10H,1H3,(H,21,22). The molecule has 0 bridgehead atoms. The molecule has 0 saturated heterocycles. The third-order valence-corrected chi connectivity index (χ3v) is 4.23. The van der Waals surface area contributed by atoms with Gasteiger partial charge in [-0.1, -0.05) is 0 Å². The SMILES string of the molecule is Cn1c2ccncc2c2ccc(Nc3ccc(C#N)c([N+](=O)[O-])c3)nc21. The minimum absolute atomic E-state index is 0.0187. The highest BCUT2D eigenvalue weighted by Crippen LogP contribution is 2.29. The van der Waals surface area contributed by atoms with Crippen molar-refractivity contribution in [2.24, 2.45) is 7.05 Å². The second-order valence-corrected chi connectivity index (χ2v) is 5.75. The van der Waals surface area contributed by atoms with Crippen molar-refractivity contribution in [2.75, 3.05) is 5.32 Å². The summed E-state index contributed by atoms with van der Waals surface area (Å²) in [6.45, 7) is 0. The average Bonchev–Trinajstić information content (AvgIpc) is 2.94. The Kier molecular flexibility index (Phi) is 3.48. The molecular weight excluding hydrogens is 332 g/mol. The van der Waals surface area contributed by atoms with Crippen LogP contribution in [0.25, 0.3) is 21.9 Å². The number of hydrogen-bond acceptors (Lipinski definition) is 6. The molecule has 0 atom stereocenters. The second-order valence-electron chi connectivity index (χ2n) is 5.75. The number of rotatable bonds is 3. The van der Waals surface area contributed by atoms with Gasteiger partial charge in [0.15, 0.2) is 0 Å². The van der Waals surface area contributed by atoms with Crippen molar-refractivity contribution in [2.45, 2.75) is 0 Å². The highest BCUT2D eigenvalue weighted by molar-refractivity contribution is 6.06. The molecule has 1 aromatic carbocycles. The summed E-state index contributed by atoms with van der Waals surface area (Å²) in [5, 5.41) is 25.1. The Labute approximate surface area is 147 Å². The van der Waals surface area contributed by atoms with Crippen molar-refractivity contribution in [3.63, 3.8) is 0 Å². The minimum Gasteiger partial charge on any atom is -0.340 e. The summed E-state index contributed by atoms with van der Waals surface area (Å²) < 4.78 is 1.97. The Balaban J connectivity index is 1.78. The van der Waals surface area contributed by atoms with E-state index in [0.717, 1.165) is 21.9 Å². The van der Waals surface area contributed by atoms with Crippen LogP contribution in [0.2, 0.25) is 0 Å². The molecular formula is C18H12N6O2. The lowest BCUT2D eigenvalue weighted by atomic mass is 10.2. The zero-order valence-electron chi connectivity index (χ0n) is 13.7. The molecule has 0 fully saturated rings. The summed E-state index contributed by atoms with van der Waals surface area (Å²) in [7, 11) is 1.92. The first-order valence-electron chi connectivity index (χ1n) is 7.73. The molecule has 0 radical (unpaired) electrons. The predicted molar refractivity (Wildman–Crippen MR) is 97.1 cm³/mol. The molecule has 0 aliphatic rings. The molecule has 1 N–H and O–H groups in total. The number of nitrogens with one attached hydrogen (secondary N) is 1. The van der Waals surface area contributed by atoms with Crippen molar-refractivity contribution in [3.8, 4) is 6.07 Å². The molecule has 126 valence electrons. The maximum atomic E-state index is 11.1. The van der Waals surface area contributed by atoms with Gasteiger partial charge in [0.05, 0.1) is 10.4 Å². The molecule has 4 aromatic rings. The first-order valence-corrected chi connectivity index (χ1v) is 7.73. The summed E-state index contributed by atoms with van der Waals surface area (Å²) in [5.74, 6) is 0.551. The third kappa shape index (κ3) is 2.39. The van der Waals surface area contributed by atoms with Gasteiger partial charge >= 0.3 is 0 Å². The summed E-state index contributed by atoms with van der Waals surface area (Å²) >= 11 is 0. The smallest absolute Gasteiger partial charge is 0.289 e. The number of nitrogens with zero attached hydrogens (tertiary/aromatic N) is 5. The lowest BCUT2D eigenvalue weighted by molar-refractivity contribution is -0.385. The average molecular weight is 344 g/mol. The van der Waals surface area contributed by atoms with E-state index in [1.807, 2.05) is 29.8 Å². The van der Waals surface area contributed by atoms with Crippen LogP contribution in [0.3, 0.4) is 0 Å². The van der Waals surface area contributed by atoms with Gasteiger partial charge in [-0.05, 0) is 30.3 Å². The number of fused-ring (bicyclic) bond motifs is 3.